The van der Waals surface area contributed by atoms with Gasteiger partial charge in [0, 0.05) is 24.7 Å². The van der Waals surface area contributed by atoms with E-state index in [1.807, 2.05) is 0 Å². The number of aromatic nitrogens is 1. The second kappa shape index (κ2) is 5.93. The summed E-state index contributed by atoms with van der Waals surface area (Å²) in [6.07, 6.45) is 0. The molecule has 1 aromatic heterocycles. The van der Waals surface area contributed by atoms with Gasteiger partial charge in [-0.05, 0) is 24.3 Å². The number of thiazole rings is 1. The molecule has 6 nitrogen and oxygen atoms in total. The summed E-state index contributed by atoms with van der Waals surface area (Å²) in [6.45, 7) is 0. The first-order valence-corrected chi connectivity index (χ1v) is 7.46. The van der Waals surface area contributed by atoms with Crippen LogP contribution in [0.5, 0.6) is 0 Å². The Morgan fingerprint density at radius 3 is 2.62 bits per heavy atom. The summed E-state index contributed by atoms with van der Waals surface area (Å²) in [5.41, 5.74) is 0.516. The summed E-state index contributed by atoms with van der Waals surface area (Å²) in [5.74, 6) is -2.91. The third-order valence-electron chi connectivity index (χ3n) is 3.37. The van der Waals surface area contributed by atoms with E-state index in [1.54, 1.807) is 17.7 Å². The molecule has 0 saturated heterocycles. The Morgan fingerprint density at radius 1 is 1.21 bits per heavy atom. The Hall–Kier alpha value is -2.94. The molecule has 0 unspecified atom stereocenters. The highest BCUT2D eigenvalue weighted by Crippen LogP contribution is 2.22. The standard InChI is InChI=1S/C15H9F2N3O3S/c1-19-12-5-3-9(20(22)23)7-13(12)24-15(19)18-14(21)8-2-4-10(16)11(17)6-8/h2-7H,1H3. The van der Waals surface area contributed by atoms with Gasteiger partial charge in [-0.1, -0.05) is 11.3 Å². The summed E-state index contributed by atoms with van der Waals surface area (Å²) in [5, 5.41) is 10.8. The van der Waals surface area contributed by atoms with Crippen LogP contribution in [0.15, 0.2) is 41.4 Å². The average molecular weight is 349 g/mol. The summed E-state index contributed by atoms with van der Waals surface area (Å²) in [7, 11) is 1.65. The number of amides is 1. The molecule has 9 heteroatoms. The molecule has 0 aliphatic heterocycles. The van der Waals surface area contributed by atoms with Gasteiger partial charge in [0.05, 0.1) is 15.1 Å². The van der Waals surface area contributed by atoms with Crippen LogP contribution in [-0.2, 0) is 7.05 Å². The number of aryl methyl sites for hydroxylation is 1. The largest absolute Gasteiger partial charge is 0.319 e. The molecule has 0 radical (unpaired) electrons. The molecule has 0 atom stereocenters. The Balaban J connectivity index is 2.09. The lowest BCUT2D eigenvalue weighted by atomic mass is 10.2. The molecule has 3 rings (SSSR count). The zero-order valence-corrected chi connectivity index (χ0v) is 13.0. The van der Waals surface area contributed by atoms with Gasteiger partial charge in [0.1, 0.15) is 0 Å². The minimum atomic E-state index is -1.13. The molecule has 3 aromatic rings. The number of rotatable bonds is 2. The molecule has 0 bridgehead atoms. The van der Waals surface area contributed by atoms with E-state index in [-0.39, 0.29) is 11.3 Å². The highest BCUT2D eigenvalue weighted by molar-refractivity contribution is 7.16. The lowest BCUT2D eigenvalue weighted by Crippen LogP contribution is -2.13. The molecule has 0 aliphatic rings. The number of halogens is 2. The van der Waals surface area contributed by atoms with Crippen LogP contribution in [0, 0.1) is 21.7 Å². The molecule has 0 spiro atoms. The van der Waals surface area contributed by atoms with Gasteiger partial charge in [0.2, 0.25) is 0 Å². The van der Waals surface area contributed by atoms with E-state index < -0.39 is 22.5 Å². The van der Waals surface area contributed by atoms with Crippen LogP contribution in [0.2, 0.25) is 0 Å². The summed E-state index contributed by atoms with van der Waals surface area (Å²) in [6, 6.07) is 7.08. The van der Waals surface area contributed by atoms with Gasteiger partial charge in [-0.25, -0.2) is 8.78 Å². The lowest BCUT2D eigenvalue weighted by molar-refractivity contribution is -0.384. The van der Waals surface area contributed by atoms with Gasteiger partial charge in [0.25, 0.3) is 11.6 Å². The van der Waals surface area contributed by atoms with Crippen LogP contribution in [0.25, 0.3) is 10.2 Å². The summed E-state index contributed by atoms with van der Waals surface area (Å²) >= 11 is 1.09. The van der Waals surface area contributed by atoms with E-state index in [2.05, 4.69) is 4.99 Å². The minimum absolute atomic E-state index is 0.0668. The third-order valence-corrected chi connectivity index (χ3v) is 4.46. The van der Waals surface area contributed by atoms with Crippen molar-refractivity contribution < 1.29 is 18.5 Å². The van der Waals surface area contributed by atoms with Crippen molar-refractivity contribution in [3.8, 4) is 0 Å². The maximum absolute atomic E-state index is 13.2. The van der Waals surface area contributed by atoms with Crippen molar-refractivity contribution in [1.29, 1.82) is 0 Å². The topological polar surface area (TPSA) is 77.5 Å². The predicted octanol–water partition coefficient (Wildman–Crippen LogP) is 3.17. The first-order chi connectivity index (χ1) is 11.4. The van der Waals surface area contributed by atoms with Gasteiger partial charge < -0.3 is 4.57 Å². The van der Waals surface area contributed by atoms with Crippen LogP contribution in [0.3, 0.4) is 0 Å². The van der Waals surface area contributed by atoms with Crippen LogP contribution in [-0.4, -0.2) is 15.4 Å². The number of nitrogens with zero attached hydrogens (tertiary/aromatic N) is 3. The first-order valence-electron chi connectivity index (χ1n) is 6.65. The van der Waals surface area contributed by atoms with Gasteiger partial charge in [0.15, 0.2) is 16.4 Å². The van der Waals surface area contributed by atoms with E-state index in [9.17, 15) is 23.7 Å². The molecular weight excluding hydrogens is 340 g/mol. The number of hydrogen-bond acceptors (Lipinski definition) is 4. The van der Waals surface area contributed by atoms with Gasteiger partial charge >= 0.3 is 0 Å². The van der Waals surface area contributed by atoms with Crippen molar-refractivity contribution in [2.45, 2.75) is 0 Å². The van der Waals surface area contributed by atoms with Crippen LogP contribution >= 0.6 is 11.3 Å². The molecular formula is C15H9F2N3O3S. The fraction of sp³-hybridized carbons (Fsp3) is 0.0667. The van der Waals surface area contributed by atoms with Crippen molar-refractivity contribution >= 4 is 33.1 Å². The van der Waals surface area contributed by atoms with E-state index in [0.29, 0.717) is 15.0 Å². The van der Waals surface area contributed by atoms with Gasteiger partial charge in [-0.15, -0.1) is 0 Å². The van der Waals surface area contributed by atoms with Gasteiger partial charge in [-0.2, -0.15) is 4.99 Å². The van der Waals surface area contributed by atoms with E-state index >= 15 is 0 Å². The number of non-ortho nitro benzene ring substituents is 1. The maximum Gasteiger partial charge on any atom is 0.279 e. The smallest absolute Gasteiger partial charge is 0.279 e. The monoisotopic (exact) mass is 349 g/mol. The predicted molar refractivity (Wildman–Crippen MR) is 83.7 cm³/mol. The minimum Gasteiger partial charge on any atom is -0.319 e. The summed E-state index contributed by atoms with van der Waals surface area (Å²) < 4.78 is 28.3. The van der Waals surface area contributed by atoms with E-state index in [0.717, 1.165) is 29.5 Å². The number of hydrogen-bond donors (Lipinski definition) is 0. The van der Waals surface area contributed by atoms with Gasteiger partial charge in [-0.3, -0.25) is 14.9 Å². The van der Waals surface area contributed by atoms with Crippen molar-refractivity contribution in [1.82, 2.24) is 4.57 Å². The van der Waals surface area contributed by atoms with Crippen molar-refractivity contribution in [2.24, 2.45) is 12.0 Å². The Labute approximate surface area is 137 Å². The molecule has 0 N–H and O–H groups in total. The molecule has 0 aliphatic carbocycles. The van der Waals surface area contributed by atoms with Crippen LogP contribution in [0.4, 0.5) is 14.5 Å². The quantitative estimate of drug-likeness (QED) is 0.527. The Morgan fingerprint density at radius 2 is 1.96 bits per heavy atom. The van der Waals surface area contributed by atoms with E-state index in [4.69, 9.17) is 0 Å². The molecule has 122 valence electrons. The molecule has 0 saturated carbocycles. The molecule has 2 aromatic carbocycles. The average Bonchev–Trinajstić information content (AvgIpc) is 2.85. The van der Waals surface area contributed by atoms with E-state index in [1.165, 1.54) is 12.1 Å². The van der Waals surface area contributed by atoms with Crippen LogP contribution in [0.1, 0.15) is 10.4 Å². The second-order valence-corrected chi connectivity index (χ2v) is 5.91. The summed E-state index contributed by atoms with van der Waals surface area (Å²) in [4.78, 5) is 26.6. The Kier molecular flexibility index (Phi) is 3.94. The fourth-order valence-corrected chi connectivity index (χ4v) is 3.17. The Bertz CT molecular complexity index is 1060. The molecule has 0 fully saturated rings. The number of carbonyl (C=O) groups excluding carboxylic acids is 1. The van der Waals surface area contributed by atoms with Crippen molar-refractivity contribution in [2.75, 3.05) is 0 Å². The normalized spacial score (nSPS) is 11.9. The molecule has 24 heavy (non-hydrogen) atoms. The first kappa shape index (κ1) is 15.9. The second-order valence-electron chi connectivity index (χ2n) is 4.90. The van der Waals surface area contributed by atoms with Crippen molar-refractivity contribution in [3.63, 3.8) is 0 Å². The highest BCUT2D eigenvalue weighted by atomic mass is 32.1. The number of nitro benzene ring substituents is 1. The maximum atomic E-state index is 13.2. The number of nitro groups is 1. The SMILES string of the molecule is Cn1c(=NC(=O)c2ccc(F)c(F)c2)sc2cc([N+](=O)[O-])ccc21. The number of benzene rings is 2. The zero-order valence-electron chi connectivity index (χ0n) is 12.2. The highest BCUT2D eigenvalue weighted by Gasteiger charge is 2.12. The molecule has 1 heterocycles. The van der Waals surface area contributed by atoms with Crippen LogP contribution < -0.4 is 4.80 Å². The van der Waals surface area contributed by atoms with Crippen molar-refractivity contribution in [3.05, 3.63) is 68.5 Å². The number of carbonyl (C=O) groups is 1. The zero-order chi connectivity index (χ0) is 17.4. The lowest BCUT2D eigenvalue weighted by Gasteiger charge is -1.97. The number of fused-ring (bicyclic) bond motifs is 1. The molecule has 1 amide bonds. The fourth-order valence-electron chi connectivity index (χ4n) is 2.12. The third kappa shape index (κ3) is 2.81.